The van der Waals surface area contributed by atoms with Gasteiger partial charge in [-0.2, -0.15) is 0 Å². The number of likely N-dealkylation sites (N-methyl/N-ethyl adjacent to an activating group) is 1. The lowest BCUT2D eigenvalue weighted by Gasteiger charge is -2.18. The van der Waals surface area contributed by atoms with Crippen molar-refractivity contribution in [1.82, 2.24) is 5.32 Å². The van der Waals surface area contributed by atoms with Crippen LogP contribution in [0.25, 0.3) is 0 Å². The number of benzene rings is 1. The Balaban J connectivity index is 3.02. The molecule has 0 aliphatic carbocycles. The minimum absolute atomic E-state index is 0.291. The topological polar surface area (TPSA) is 47.6 Å². The fourth-order valence-electron chi connectivity index (χ4n) is 2.13. The summed E-state index contributed by atoms with van der Waals surface area (Å²) in [7, 11) is 0. The Morgan fingerprint density at radius 1 is 1.24 bits per heavy atom. The zero-order valence-corrected chi connectivity index (χ0v) is 13.8. The first-order valence-corrected chi connectivity index (χ1v) is 7.68. The molecule has 0 bridgehead atoms. The Morgan fingerprint density at radius 3 is 2.48 bits per heavy atom. The summed E-state index contributed by atoms with van der Waals surface area (Å²) >= 11 is 0. The molecular weight excluding hydrogens is 266 g/mol. The standard InChI is InChI=1S/C17H27NO3/c1-6-14-10-17(20-9-8-18-7-2)15(12(3)4)11-16(14)21-13(5)19/h10-12,18H,6-9H2,1-5H3. The molecular formula is C17H27NO3. The minimum Gasteiger partial charge on any atom is -0.492 e. The smallest absolute Gasteiger partial charge is 0.308 e. The molecule has 0 atom stereocenters. The quantitative estimate of drug-likeness (QED) is 0.454. The summed E-state index contributed by atoms with van der Waals surface area (Å²) in [6, 6.07) is 3.94. The van der Waals surface area contributed by atoms with Gasteiger partial charge in [-0.25, -0.2) is 0 Å². The minimum atomic E-state index is -0.291. The van der Waals surface area contributed by atoms with E-state index >= 15 is 0 Å². The van der Waals surface area contributed by atoms with Crippen LogP contribution in [-0.4, -0.2) is 25.7 Å². The predicted molar refractivity (Wildman–Crippen MR) is 85.3 cm³/mol. The Morgan fingerprint density at radius 2 is 1.95 bits per heavy atom. The van der Waals surface area contributed by atoms with Crippen molar-refractivity contribution in [3.8, 4) is 11.5 Å². The lowest BCUT2D eigenvalue weighted by Crippen LogP contribution is -2.20. The third-order valence-electron chi connectivity index (χ3n) is 3.24. The molecule has 0 unspecified atom stereocenters. The third kappa shape index (κ3) is 5.38. The lowest BCUT2D eigenvalue weighted by molar-refractivity contribution is -0.131. The van der Waals surface area contributed by atoms with Crippen LogP contribution >= 0.6 is 0 Å². The van der Waals surface area contributed by atoms with E-state index in [2.05, 4.69) is 26.1 Å². The average molecular weight is 293 g/mol. The molecule has 1 N–H and O–H groups in total. The average Bonchev–Trinajstić information content (AvgIpc) is 2.43. The van der Waals surface area contributed by atoms with Crippen LogP contribution in [0.2, 0.25) is 0 Å². The number of hydrogen-bond acceptors (Lipinski definition) is 4. The van der Waals surface area contributed by atoms with Gasteiger partial charge in [0.2, 0.25) is 0 Å². The van der Waals surface area contributed by atoms with Gasteiger partial charge in [-0.3, -0.25) is 4.79 Å². The van der Waals surface area contributed by atoms with Crippen LogP contribution in [0.15, 0.2) is 12.1 Å². The van der Waals surface area contributed by atoms with Crippen molar-refractivity contribution in [2.75, 3.05) is 19.7 Å². The second-order valence-electron chi connectivity index (χ2n) is 5.30. The SMILES string of the molecule is CCNCCOc1cc(CC)c(OC(C)=O)cc1C(C)C. The molecule has 0 heterocycles. The predicted octanol–water partition coefficient (Wildman–Crippen LogP) is 3.29. The van der Waals surface area contributed by atoms with Crippen molar-refractivity contribution >= 4 is 5.97 Å². The third-order valence-corrected chi connectivity index (χ3v) is 3.24. The van der Waals surface area contributed by atoms with Gasteiger partial charge < -0.3 is 14.8 Å². The first-order chi connectivity index (χ1) is 9.99. The van der Waals surface area contributed by atoms with E-state index in [4.69, 9.17) is 9.47 Å². The number of nitrogens with one attached hydrogen (secondary N) is 1. The molecule has 4 heteroatoms. The van der Waals surface area contributed by atoms with Gasteiger partial charge in [0.05, 0.1) is 0 Å². The Hall–Kier alpha value is -1.55. The van der Waals surface area contributed by atoms with Gasteiger partial charge in [-0.1, -0.05) is 27.7 Å². The van der Waals surface area contributed by atoms with Gasteiger partial charge in [0.25, 0.3) is 0 Å². The fourth-order valence-corrected chi connectivity index (χ4v) is 2.13. The second kappa shape index (κ2) is 8.67. The molecule has 0 amide bonds. The lowest BCUT2D eigenvalue weighted by atomic mass is 9.98. The van der Waals surface area contributed by atoms with Crippen LogP contribution in [0.1, 0.15) is 51.7 Å². The molecule has 0 fully saturated rings. The fraction of sp³-hybridized carbons (Fsp3) is 0.588. The molecule has 0 aromatic heterocycles. The highest BCUT2D eigenvalue weighted by Gasteiger charge is 2.15. The summed E-state index contributed by atoms with van der Waals surface area (Å²) in [5, 5.41) is 3.24. The van der Waals surface area contributed by atoms with Gasteiger partial charge in [0.15, 0.2) is 0 Å². The van der Waals surface area contributed by atoms with Crippen molar-refractivity contribution in [2.24, 2.45) is 0 Å². The second-order valence-corrected chi connectivity index (χ2v) is 5.30. The van der Waals surface area contributed by atoms with Gasteiger partial charge in [-0.05, 0) is 36.6 Å². The van der Waals surface area contributed by atoms with Crippen LogP contribution in [0.5, 0.6) is 11.5 Å². The maximum absolute atomic E-state index is 11.2. The summed E-state index contributed by atoms with van der Waals surface area (Å²) in [5.74, 6) is 1.54. The summed E-state index contributed by atoms with van der Waals surface area (Å²) in [4.78, 5) is 11.2. The Kier molecular flexibility index (Phi) is 7.23. The zero-order chi connectivity index (χ0) is 15.8. The van der Waals surface area contributed by atoms with E-state index in [1.165, 1.54) is 6.92 Å². The molecule has 0 aliphatic heterocycles. The van der Waals surface area contributed by atoms with Gasteiger partial charge in [0.1, 0.15) is 18.1 Å². The molecule has 1 aromatic rings. The number of ether oxygens (including phenoxy) is 2. The summed E-state index contributed by atoms with van der Waals surface area (Å²) < 4.78 is 11.2. The van der Waals surface area contributed by atoms with E-state index in [0.29, 0.717) is 18.3 Å². The normalized spacial score (nSPS) is 10.8. The number of carbonyl (C=O) groups excluding carboxylic acids is 1. The van der Waals surface area contributed by atoms with E-state index in [1.54, 1.807) is 0 Å². The maximum Gasteiger partial charge on any atom is 0.308 e. The van der Waals surface area contributed by atoms with Crippen molar-refractivity contribution in [3.63, 3.8) is 0 Å². The molecule has 0 saturated heterocycles. The van der Waals surface area contributed by atoms with Crippen LogP contribution in [0.3, 0.4) is 0 Å². The van der Waals surface area contributed by atoms with Crippen LogP contribution in [0.4, 0.5) is 0 Å². The first-order valence-electron chi connectivity index (χ1n) is 7.68. The van der Waals surface area contributed by atoms with Gasteiger partial charge in [-0.15, -0.1) is 0 Å². The summed E-state index contributed by atoms with van der Waals surface area (Å²) in [5.41, 5.74) is 2.06. The van der Waals surface area contributed by atoms with Crippen molar-refractivity contribution in [3.05, 3.63) is 23.3 Å². The molecule has 0 radical (unpaired) electrons. The molecule has 0 saturated carbocycles. The Labute approximate surface area is 127 Å². The van der Waals surface area contributed by atoms with Crippen molar-refractivity contribution in [1.29, 1.82) is 0 Å². The molecule has 21 heavy (non-hydrogen) atoms. The Bertz CT molecular complexity index is 469. The molecule has 1 aromatic carbocycles. The van der Waals surface area contributed by atoms with Gasteiger partial charge >= 0.3 is 5.97 Å². The van der Waals surface area contributed by atoms with E-state index in [0.717, 1.165) is 36.4 Å². The van der Waals surface area contributed by atoms with Crippen molar-refractivity contribution in [2.45, 2.75) is 47.0 Å². The summed E-state index contributed by atoms with van der Waals surface area (Å²) in [6.07, 6.45) is 0.796. The molecule has 0 spiro atoms. The van der Waals surface area contributed by atoms with E-state index in [-0.39, 0.29) is 5.97 Å². The number of esters is 1. The molecule has 0 aliphatic rings. The monoisotopic (exact) mass is 293 g/mol. The zero-order valence-electron chi connectivity index (χ0n) is 13.8. The van der Waals surface area contributed by atoms with E-state index < -0.39 is 0 Å². The van der Waals surface area contributed by atoms with E-state index in [1.807, 2.05) is 19.1 Å². The number of carbonyl (C=O) groups is 1. The molecule has 1 rings (SSSR count). The van der Waals surface area contributed by atoms with E-state index in [9.17, 15) is 4.79 Å². The van der Waals surface area contributed by atoms with Crippen LogP contribution in [0, 0.1) is 0 Å². The number of rotatable bonds is 8. The van der Waals surface area contributed by atoms with Gasteiger partial charge in [0, 0.05) is 19.0 Å². The largest absolute Gasteiger partial charge is 0.492 e. The highest BCUT2D eigenvalue weighted by molar-refractivity contribution is 5.70. The van der Waals surface area contributed by atoms with Crippen molar-refractivity contribution < 1.29 is 14.3 Å². The highest BCUT2D eigenvalue weighted by atomic mass is 16.5. The molecule has 4 nitrogen and oxygen atoms in total. The van der Waals surface area contributed by atoms with Crippen LogP contribution < -0.4 is 14.8 Å². The van der Waals surface area contributed by atoms with Crippen LogP contribution in [-0.2, 0) is 11.2 Å². The highest BCUT2D eigenvalue weighted by Crippen LogP contribution is 2.34. The number of hydrogen-bond donors (Lipinski definition) is 1. The number of aryl methyl sites for hydroxylation is 1. The molecule has 118 valence electrons. The first kappa shape index (κ1) is 17.5. The maximum atomic E-state index is 11.2. The summed E-state index contributed by atoms with van der Waals surface area (Å²) in [6.45, 7) is 12.1.